The largest absolute Gasteiger partial charge is 0.478 e. The zero-order valence-corrected chi connectivity index (χ0v) is 19.2. The monoisotopic (exact) mass is 505 g/mol. The number of imide groups is 1. The minimum Gasteiger partial charge on any atom is -0.478 e. The number of anilines is 1. The fourth-order valence-corrected chi connectivity index (χ4v) is 4.12. The standard InChI is InChI=1S/C22H20ClN3O7S/c23-15-3-5-16(6-4-15)26-20(28)13-18(22(26)31)25(19(27)9-10-21(29)30)12-11-14-1-7-17(8-2-14)34(24,32)33/h1-10,18H,11-13H2,(H,29,30)(H2,24,32,33)/b10-9-/t18-/m0/s1. The number of benzene rings is 2. The smallest absolute Gasteiger partial charge is 0.328 e. The number of nitrogens with zero attached hydrogens (tertiary/aromatic N) is 2. The van der Waals surface area contributed by atoms with Crippen molar-refractivity contribution >= 4 is 51.0 Å². The van der Waals surface area contributed by atoms with Gasteiger partial charge >= 0.3 is 5.97 Å². The molecule has 3 N–H and O–H groups in total. The van der Waals surface area contributed by atoms with Gasteiger partial charge in [-0.15, -0.1) is 0 Å². The summed E-state index contributed by atoms with van der Waals surface area (Å²) in [7, 11) is -3.87. The molecule has 12 heteroatoms. The highest BCUT2D eigenvalue weighted by Crippen LogP contribution is 2.27. The van der Waals surface area contributed by atoms with E-state index >= 15 is 0 Å². The molecule has 34 heavy (non-hydrogen) atoms. The molecule has 1 heterocycles. The first kappa shape index (κ1) is 25.1. The number of carbonyl (C=O) groups is 4. The second kappa shape index (κ2) is 10.2. The van der Waals surface area contributed by atoms with Crippen LogP contribution in [0.5, 0.6) is 0 Å². The maximum atomic E-state index is 13.1. The van der Waals surface area contributed by atoms with Crippen LogP contribution in [0.3, 0.4) is 0 Å². The second-order valence-electron chi connectivity index (χ2n) is 7.41. The fraction of sp³-hybridized carbons (Fsp3) is 0.182. The lowest BCUT2D eigenvalue weighted by atomic mass is 10.1. The van der Waals surface area contributed by atoms with Crippen molar-refractivity contribution in [1.29, 1.82) is 0 Å². The van der Waals surface area contributed by atoms with E-state index in [0.29, 0.717) is 22.3 Å². The second-order valence-corrected chi connectivity index (χ2v) is 9.40. The molecule has 0 aromatic heterocycles. The Morgan fingerprint density at radius 2 is 1.71 bits per heavy atom. The highest BCUT2D eigenvalue weighted by Gasteiger charge is 2.43. The van der Waals surface area contributed by atoms with Crippen molar-refractivity contribution in [1.82, 2.24) is 4.90 Å². The molecule has 0 unspecified atom stereocenters. The van der Waals surface area contributed by atoms with E-state index in [9.17, 15) is 27.6 Å². The van der Waals surface area contributed by atoms with Crippen molar-refractivity contribution < 1.29 is 32.7 Å². The molecule has 0 aliphatic carbocycles. The van der Waals surface area contributed by atoms with Gasteiger partial charge in [0.05, 0.1) is 17.0 Å². The number of hydrogen-bond acceptors (Lipinski definition) is 6. The Bertz CT molecular complexity index is 1260. The molecule has 10 nitrogen and oxygen atoms in total. The lowest BCUT2D eigenvalue weighted by Crippen LogP contribution is -2.46. The molecule has 2 aromatic carbocycles. The number of halogens is 1. The van der Waals surface area contributed by atoms with Gasteiger partial charge in [0.2, 0.25) is 21.8 Å². The first-order valence-electron chi connectivity index (χ1n) is 9.93. The molecule has 1 aliphatic heterocycles. The molecular weight excluding hydrogens is 486 g/mol. The summed E-state index contributed by atoms with van der Waals surface area (Å²) >= 11 is 5.87. The molecule has 3 rings (SSSR count). The average molecular weight is 506 g/mol. The average Bonchev–Trinajstić information content (AvgIpc) is 3.06. The summed E-state index contributed by atoms with van der Waals surface area (Å²) in [5, 5.41) is 14.4. The zero-order valence-electron chi connectivity index (χ0n) is 17.6. The van der Waals surface area contributed by atoms with Crippen molar-refractivity contribution in [3.8, 4) is 0 Å². The molecule has 1 aliphatic rings. The van der Waals surface area contributed by atoms with Crippen LogP contribution in [0.15, 0.2) is 65.6 Å². The maximum Gasteiger partial charge on any atom is 0.328 e. The summed E-state index contributed by atoms with van der Waals surface area (Å²) in [4.78, 5) is 51.4. The number of primary sulfonamides is 1. The summed E-state index contributed by atoms with van der Waals surface area (Å²) in [6.45, 7) is -0.0321. The normalized spacial score (nSPS) is 16.3. The highest BCUT2D eigenvalue weighted by atomic mass is 35.5. The highest BCUT2D eigenvalue weighted by molar-refractivity contribution is 7.89. The van der Waals surface area contributed by atoms with E-state index in [-0.39, 0.29) is 24.3 Å². The molecule has 0 spiro atoms. The van der Waals surface area contributed by atoms with Crippen molar-refractivity contribution in [2.75, 3.05) is 11.4 Å². The Morgan fingerprint density at radius 1 is 1.09 bits per heavy atom. The molecule has 2 aromatic rings. The van der Waals surface area contributed by atoms with Crippen molar-refractivity contribution in [2.24, 2.45) is 5.14 Å². The van der Waals surface area contributed by atoms with Crippen LogP contribution in [0, 0.1) is 0 Å². The van der Waals surface area contributed by atoms with E-state index in [1.54, 1.807) is 0 Å². The van der Waals surface area contributed by atoms with E-state index in [4.69, 9.17) is 21.8 Å². The molecule has 0 bridgehead atoms. The van der Waals surface area contributed by atoms with Gasteiger partial charge in [0.15, 0.2) is 0 Å². The van der Waals surface area contributed by atoms with Gasteiger partial charge in [-0.3, -0.25) is 14.4 Å². The minimum atomic E-state index is -3.87. The number of amides is 3. The van der Waals surface area contributed by atoms with Crippen LogP contribution < -0.4 is 10.0 Å². The third-order valence-electron chi connectivity index (χ3n) is 5.13. The SMILES string of the molecule is NS(=O)(=O)c1ccc(CCN(C(=O)/C=C\C(=O)O)[C@H]2CC(=O)N(c3ccc(Cl)cc3)C2=O)cc1. The van der Waals surface area contributed by atoms with E-state index in [1.807, 2.05) is 0 Å². The van der Waals surface area contributed by atoms with Crippen molar-refractivity contribution in [3.63, 3.8) is 0 Å². The van der Waals surface area contributed by atoms with Gasteiger partial charge in [-0.1, -0.05) is 23.7 Å². The van der Waals surface area contributed by atoms with E-state index in [2.05, 4.69) is 0 Å². The van der Waals surface area contributed by atoms with E-state index < -0.39 is 39.8 Å². The van der Waals surface area contributed by atoms with Crippen LogP contribution in [0.25, 0.3) is 0 Å². The number of carboxylic acid groups (broad SMARTS) is 1. The zero-order chi connectivity index (χ0) is 25.0. The molecule has 1 saturated heterocycles. The Balaban J connectivity index is 1.84. The molecule has 0 radical (unpaired) electrons. The van der Waals surface area contributed by atoms with Gasteiger partial charge in [-0.2, -0.15) is 0 Å². The Morgan fingerprint density at radius 3 is 2.26 bits per heavy atom. The molecule has 3 amide bonds. The Kier molecular flexibility index (Phi) is 7.50. The number of carboxylic acids is 1. The predicted octanol–water partition coefficient (Wildman–Crippen LogP) is 1.33. The minimum absolute atomic E-state index is 0.0321. The van der Waals surface area contributed by atoms with Crippen LogP contribution in [0.2, 0.25) is 5.02 Å². The van der Waals surface area contributed by atoms with Gasteiger partial charge in [0.25, 0.3) is 5.91 Å². The van der Waals surface area contributed by atoms with Gasteiger partial charge in [0.1, 0.15) is 6.04 Å². The van der Waals surface area contributed by atoms with Crippen LogP contribution in [0.1, 0.15) is 12.0 Å². The first-order chi connectivity index (χ1) is 16.0. The number of aliphatic carboxylic acids is 1. The van der Waals surface area contributed by atoms with E-state index in [1.165, 1.54) is 48.5 Å². The number of sulfonamides is 1. The molecule has 1 fully saturated rings. The van der Waals surface area contributed by atoms with Crippen molar-refractivity contribution in [3.05, 3.63) is 71.3 Å². The van der Waals surface area contributed by atoms with Gasteiger partial charge in [-0.05, 0) is 48.4 Å². The van der Waals surface area contributed by atoms with Gasteiger partial charge in [-0.25, -0.2) is 23.3 Å². The maximum absolute atomic E-state index is 13.1. The van der Waals surface area contributed by atoms with Crippen LogP contribution >= 0.6 is 11.6 Å². The quantitative estimate of drug-likeness (QED) is 0.405. The van der Waals surface area contributed by atoms with Gasteiger partial charge < -0.3 is 10.0 Å². The summed E-state index contributed by atoms with van der Waals surface area (Å²) < 4.78 is 22.8. The van der Waals surface area contributed by atoms with Crippen LogP contribution in [-0.4, -0.2) is 54.7 Å². The summed E-state index contributed by atoms with van der Waals surface area (Å²) in [6, 6.07) is 10.6. The van der Waals surface area contributed by atoms with Crippen molar-refractivity contribution in [2.45, 2.75) is 23.8 Å². The third kappa shape index (κ3) is 5.87. The fourth-order valence-electron chi connectivity index (χ4n) is 3.47. The summed E-state index contributed by atoms with van der Waals surface area (Å²) in [5.41, 5.74) is 0.938. The lowest BCUT2D eigenvalue weighted by molar-refractivity contribution is -0.135. The lowest BCUT2D eigenvalue weighted by Gasteiger charge is -2.26. The molecule has 0 saturated carbocycles. The topological polar surface area (TPSA) is 155 Å². The Labute approximate surface area is 200 Å². The number of nitrogens with two attached hydrogens (primary N) is 1. The van der Waals surface area contributed by atoms with Crippen LogP contribution in [0.4, 0.5) is 5.69 Å². The first-order valence-corrected chi connectivity index (χ1v) is 11.9. The van der Waals surface area contributed by atoms with E-state index in [0.717, 1.165) is 15.9 Å². The predicted molar refractivity (Wildman–Crippen MR) is 122 cm³/mol. The number of rotatable bonds is 8. The number of carbonyl (C=O) groups excluding carboxylic acids is 3. The number of hydrogen-bond donors (Lipinski definition) is 2. The molecule has 1 atom stereocenters. The third-order valence-corrected chi connectivity index (χ3v) is 6.31. The molecular formula is C22H20ClN3O7S. The molecule has 178 valence electrons. The summed E-state index contributed by atoms with van der Waals surface area (Å²) in [5.74, 6) is -3.25. The van der Waals surface area contributed by atoms with Crippen LogP contribution in [-0.2, 0) is 35.6 Å². The Hall–Kier alpha value is -3.54. The summed E-state index contributed by atoms with van der Waals surface area (Å²) in [6.07, 6.45) is 1.39. The van der Waals surface area contributed by atoms with Gasteiger partial charge in [0, 0.05) is 23.7 Å².